The van der Waals surface area contributed by atoms with Gasteiger partial charge in [-0.15, -0.1) is 5.10 Å². The van der Waals surface area contributed by atoms with E-state index in [9.17, 15) is 4.79 Å². The van der Waals surface area contributed by atoms with Crippen molar-refractivity contribution < 1.29 is 4.79 Å². The zero-order valence-electron chi connectivity index (χ0n) is 13.8. The highest BCUT2D eigenvalue weighted by Gasteiger charge is 2.24. The van der Waals surface area contributed by atoms with Crippen molar-refractivity contribution in [1.29, 1.82) is 0 Å². The molecule has 0 saturated carbocycles. The maximum Gasteiger partial charge on any atom is 0.293 e. The maximum atomic E-state index is 12.6. The number of amides is 1. The highest BCUT2D eigenvalue weighted by atomic mass is 16.2. The second kappa shape index (κ2) is 6.39. The van der Waals surface area contributed by atoms with Crippen molar-refractivity contribution in [2.75, 3.05) is 13.1 Å². The second-order valence-corrected chi connectivity index (χ2v) is 5.92. The van der Waals surface area contributed by atoms with Crippen LogP contribution < -0.4 is 0 Å². The Hall–Kier alpha value is -3.16. The van der Waals surface area contributed by atoms with Crippen LogP contribution in [0.1, 0.15) is 21.9 Å². The average Bonchev–Trinajstić information content (AvgIpc) is 2.96. The lowest BCUT2D eigenvalue weighted by Gasteiger charge is -2.18. The van der Waals surface area contributed by atoms with Crippen LogP contribution in [-0.2, 0) is 19.9 Å². The van der Waals surface area contributed by atoms with Crippen molar-refractivity contribution in [3.05, 3.63) is 54.3 Å². The van der Waals surface area contributed by atoms with E-state index in [1.807, 2.05) is 12.1 Å². The summed E-state index contributed by atoms with van der Waals surface area (Å²) in [7, 11) is 1.75. The number of nitrogens with zero attached hydrogens (tertiary/aromatic N) is 7. The number of carbonyl (C=O) groups excluding carboxylic acids is 1. The van der Waals surface area contributed by atoms with Crippen LogP contribution >= 0.6 is 0 Å². The molecule has 4 heterocycles. The molecule has 0 unspecified atom stereocenters. The van der Waals surface area contributed by atoms with E-state index in [4.69, 9.17) is 0 Å². The van der Waals surface area contributed by atoms with Gasteiger partial charge in [0, 0.05) is 55.8 Å². The van der Waals surface area contributed by atoms with Crippen LogP contribution in [0.5, 0.6) is 0 Å². The van der Waals surface area contributed by atoms with Crippen molar-refractivity contribution in [1.82, 2.24) is 34.6 Å². The summed E-state index contributed by atoms with van der Waals surface area (Å²) in [4.78, 5) is 31.4. The van der Waals surface area contributed by atoms with Gasteiger partial charge in [-0.2, -0.15) is 0 Å². The van der Waals surface area contributed by atoms with Gasteiger partial charge in [-0.1, -0.05) is 0 Å². The Morgan fingerprint density at radius 3 is 2.64 bits per heavy atom. The molecule has 0 N–H and O–H groups in total. The minimum absolute atomic E-state index is 0.146. The van der Waals surface area contributed by atoms with Crippen LogP contribution in [-0.4, -0.2) is 53.6 Å². The van der Waals surface area contributed by atoms with E-state index < -0.39 is 0 Å². The molecule has 8 nitrogen and oxygen atoms in total. The van der Waals surface area contributed by atoms with Crippen molar-refractivity contribution in [3.63, 3.8) is 0 Å². The summed E-state index contributed by atoms with van der Waals surface area (Å²) in [5.74, 6) is 0.0840. The van der Waals surface area contributed by atoms with E-state index >= 15 is 0 Å². The van der Waals surface area contributed by atoms with Crippen molar-refractivity contribution in [2.24, 2.45) is 7.05 Å². The third-order valence-corrected chi connectivity index (χ3v) is 4.32. The summed E-state index contributed by atoms with van der Waals surface area (Å²) >= 11 is 0. The molecular formula is C17H17N7O. The topological polar surface area (TPSA) is 89.7 Å². The van der Waals surface area contributed by atoms with Gasteiger partial charge in [0.05, 0.1) is 5.69 Å². The molecule has 0 atom stereocenters. The van der Waals surface area contributed by atoms with Gasteiger partial charge in [0.25, 0.3) is 5.91 Å². The van der Waals surface area contributed by atoms with Gasteiger partial charge in [-0.3, -0.25) is 14.5 Å². The number of hydrogen-bond acceptors (Lipinski definition) is 6. The third-order valence-electron chi connectivity index (χ3n) is 4.32. The molecule has 0 fully saturated rings. The summed E-state index contributed by atoms with van der Waals surface area (Å²) < 4.78 is 1.53. The number of carbonyl (C=O) groups is 1. The fourth-order valence-corrected chi connectivity index (χ4v) is 3.07. The number of rotatable bonds is 2. The Kier molecular flexibility index (Phi) is 3.93. The molecule has 0 aliphatic carbocycles. The van der Waals surface area contributed by atoms with Crippen LogP contribution in [0.2, 0.25) is 0 Å². The minimum Gasteiger partial charge on any atom is -0.335 e. The normalized spacial score (nSPS) is 14.0. The monoisotopic (exact) mass is 335 g/mol. The highest BCUT2D eigenvalue weighted by molar-refractivity contribution is 5.90. The van der Waals surface area contributed by atoms with E-state index in [-0.39, 0.29) is 11.7 Å². The number of aryl methyl sites for hydroxylation is 1. The summed E-state index contributed by atoms with van der Waals surface area (Å²) in [5.41, 5.74) is 4.02. The van der Waals surface area contributed by atoms with E-state index in [1.54, 1.807) is 30.7 Å². The number of hydrogen-bond donors (Lipinski definition) is 0. The first-order chi connectivity index (χ1) is 12.2. The molecule has 1 aliphatic rings. The zero-order chi connectivity index (χ0) is 17.2. The lowest BCUT2D eigenvalue weighted by molar-refractivity contribution is 0.0750. The van der Waals surface area contributed by atoms with Crippen LogP contribution in [0.25, 0.3) is 11.3 Å². The Bertz CT molecular complexity index is 906. The smallest absolute Gasteiger partial charge is 0.293 e. The predicted octanol–water partition coefficient (Wildman–Crippen LogP) is 0.908. The Morgan fingerprint density at radius 2 is 1.88 bits per heavy atom. The van der Waals surface area contributed by atoms with E-state index in [0.717, 1.165) is 22.5 Å². The molecule has 25 heavy (non-hydrogen) atoms. The maximum absolute atomic E-state index is 12.6. The summed E-state index contributed by atoms with van der Waals surface area (Å²) in [6.45, 7) is 1.19. The van der Waals surface area contributed by atoms with E-state index in [1.165, 1.54) is 11.0 Å². The van der Waals surface area contributed by atoms with E-state index in [2.05, 4.69) is 25.0 Å². The quantitative estimate of drug-likeness (QED) is 0.691. The molecule has 0 saturated heterocycles. The molecule has 1 aliphatic heterocycles. The predicted molar refractivity (Wildman–Crippen MR) is 89.6 cm³/mol. The lowest BCUT2D eigenvalue weighted by atomic mass is 10.0. The van der Waals surface area contributed by atoms with Crippen molar-refractivity contribution in [3.8, 4) is 11.3 Å². The average molecular weight is 335 g/mol. The van der Waals surface area contributed by atoms with Crippen LogP contribution in [0.3, 0.4) is 0 Å². The molecule has 4 rings (SSSR count). The Balaban J connectivity index is 1.61. The van der Waals surface area contributed by atoms with Gasteiger partial charge in [0.2, 0.25) is 5.82 Å². The van der Waals surface area contributed by atoms with Crippen LogP contribution in [0.15, 0.2) is 37.2 Å². The molecule has 1 amide bonds. The van der Waals surface area contributed by atoms with Crippen LogP contribution in [0, 0.1) is 0 Å². The summed E-state index contributed by atoms with van der Waals surface area (Å²) in [6, 6.07) is 3.88. The van der Waals surface area contributed by atoms with Gasteiger partial charge in [-0.05, 0) is 18.6 Å². The van der Waals surface area contributed by atoms with Gasteiger partial charge >= 0.3 is 0 Å². The van der Waals surface area contributed by atoms with Gasteiger partial charge in [0.1, 0.15) is 12.7 Å². The SMILES string of the molecule is Cn1cnc(C(=O)N2CCc3ncnc(-c4ccncc4)c3CC2)n1. The molecule has 0 radical (unpaired) electrons. The summed E-state index contributed by atoms with van der Waals surface area (Å²) in [5, 5.41) is 4.11. The third kappa shape index (κ3) is 2.98. The lowest BCUT2D eigenvalue weighted by Crippen LogP contribution is -2.34. The standard InChI is InChI=1S/C17H17N7O/c1-23-11-21-16(22-23)17(25)24-8-4-13-14(5-9-24)19-10-20-15(13)12-2-6-18-7-3-12/h2-3,6-7,10-11H,4-5,8-9H2,1H3. The zero-order valence-corrected chi connectivity index (χ0v) is 13.8. The first-order valence-electron chi connectivity index (χ1n) is 8.10. The first-order valence-corrected chi connectivity index (χ1v) is 8.10. The molecule has 3 aromatic heterocycles. The number of fused-ring (bicyclic) bond motifs is 1. The van der Waals surface area contributed by atoms with Gasteiger partial charge in [-0.25, -0.2) is 15.0 Å². The molecule has 0 aromatic carbocycles. The van der Waals surface area contributed by atoms with Crippen molar-refractivity contribution in [2.45, 2.75) is 12.8 Å². The molecule has 126 valence electrons. The molecule has 3 aromatic rings. The Morgan fingerprint density at radius 1 is 1.08 bits per heavy atom. The molecular weight excluding hydrogens is 318 g/mol. The highest BCUT2D eigenvalue weighted by Crippen LogP contribution is 2.25. The fraction of sp³-hybridized carbons (Fsp3) is 0.294. The van der Waals surface area contributed by atoms with Gasteiger partial charge in [0.15, 0.2) is 0 Å². The summed E-state index contributed by atoms with van der Waals surface area (Å²) in [6.07, 6.45) is 8.02. The fourth-order valence-electron chi connectivity index (χ4n) is 3.07. The molecule has 8 heteroatoms. The van der Waals surface area contributed by atoms with Crippen molar-refractivity contribution >= 4 is 5.91 Å². The Labute approximate surface area is 144 Å². The van der Waals surface area contributed by atoms with E-state index in [0.29, 0.717) is 25.9 Å². The first kappa shape index (κ1) is 15.4. The van der Waals surface area contributed by atoms with Crippen LogP contribution in [0.4, 0.5) is 0 Å². The largest absolute Gasteiger partial charge is 0.335 e. The molecule has 0 spiro atoms. The number of aromatic nitrogens is 6. The number of pyridine rings is 1. The minimum atomic E-state index is -0.146. The molecule has 0 bridgehead atoms. The second-order valence-electron chi connectivity index (χ2n) is 5.92. The van der Waals surface area contributed by atoms with Gasteiger partial charge < -0.3 is 4.90 Å².